The Morgan fingerprint density at radius 1 is 0.964 bits per heavy atom. The van der Waals surface area contributed by atoms with Crippen LogP contribution in [0.25, 0.3) is 0 Å². The van der Waals surface area contributed by atoms with E-state index in [4.69, 9.17) is 18.9 Å². The first-order valence-electron chi connectivity index (χ1n) is 9.40. The summed E-state index contributed by atoms with van der Waals surface area (Å²) < 4.78 is 21.6. The normalized spacial score (nSPS) is 11.4. The third-order valence-electron chi connectivity index (χ3n) is 4.37. The van der Waals surface area contributed by atoms with E-state index in [1.54, 1.807) is 27.4 Å². The minimum Gasteiger partial charge on any atom is -0.497 e. The van der Waals surface area contributed by atoms with Gasteiger partial charge in [-0.15, -0.1) is 0 Å². The van der Waals surface area contributed by atoms with Crippen molar-refractivity contribution in [1.82, 2.24) is 5.32 Å². The Bertz CT molecular complexity index is 762. The summed E-state index contributed by atoms with van der Waals surface area (Å²) in [5.74, 6) is 2.62. The van der Waals surface area contributed by atoms with Crippen molar-refractivity contribution in [2.24, 2.45) is 0 Å². The largest absolute Gasteiger partial charge is 0.497 e. The summed E-state index contributed by atoms with van der Waals surface area (Å²) in [6, 6.07) is 13.1. The molecular weight excluding hydrogens is 358 g/mol. The fourth-order valence-corrected chi connectivity index (χ4v) is 2.82. The maximum absolute atomic E-state index is 12.4. The zero-order chi connectivity index (χ0) is 20.4. The molecular formula is C22H29NO5. The predicted octanol–water partition coefficient (Wildman–Crippen LogP) is 3.62. The van der Waals surface area contributed by atoms with Crippen LogP contribution in [0.4, 0.5) is 0 Å². The number of aryl methyl sites for hydroxylation is 1. The molecule has 0 unspecified atom stereocenters. The minimum atomic E-state index is -0.534. The number of carbonyl (C=O) groups is 1. The van der Waals surface area contributed by atoms with Crippen molar-refractivity contribution in [1.29, 1.82) is 0 Å². The van der Waals surface area contributed by atoms with E-state index in [2.05, 4.69) is 5.32 Å². The van der Waals surface area contributed by atoms with Gasteiger partial charge in [0, 0.05) is 12.6 Å². The molecule has 6 nitrogen and oxygen atoms in total. The van der Waals surface area contributed by atoms with Crippen molar-refractivity contribution in [3.63, 3.8) is 0 Å². The van der Waals surface area contributed by atoms with E-state index in [1.165, 1.54) is 0 Å². The Morgan fingerprint density at radius 3 is 2.39 bits per heavy atom. The van der Waals surface area contributed by atoms with Crippen LogP contribution >= 0.6 is 0 Å². The van der Waals surface area contributed by atoms with Gasteiger partial charge in [0.1, 0.15) is 11.5 Å². The molecule has 1 N–H and O–H groups in total. The highest BCUT2D eigenvalue weighted by molar-refractivity contribution is 5.81. The van der Waals surface area contributed by atoms with Crippen molar-refractivity contribution in [2.45, 2.75) is 32.3 Å². The second-order valence-corrected chi connectivity index (χ2v) is 6.28. The van der Waals surface area contributed by atoms with Gasteiger partial charge in [-0.2, -0.15) is 0 Å². The first kappa shape index (κ1) is 21.4. The van der Waals surface area contributed by atoms with Crippen LogP contribution in [0.15, 0.2) is 42.5 Å². The van der Waals surface area contributed by atoms with Crippen LogP contribution in [-0.4, -0.2) is 39.9 Å². The highest BCUT2D eigenvalue weighted by Crippen LogP contribution is 2.28. The lowest BCUT2D eigenvalue weighted by Crippen LogP contribution is -2.38. The highest BCUT2D eigenvalue weighted by atomic mass is 16.5. The SMILES string of the molecule is CC[C@H](Oc1cccc(OC)c1)C(=O)NCCCc1ccc(OC)c(OC)c1. The number of ether oxygens (including phenoxy) is 4. The molecule has 0 heterocycles. The van der Waals surface area contributed by atoms with E-state index in [0.717, 1.165) is 18.4 Å². The Balaban J connectivity index is 1.81. The summed E-state index contributed by atoms with van der Waals surface area (Å²) in [6.07, 6.45) is 1.69. The number of carbonyl (C=O) groups excluding carboxylic acids is 1. The molecule has 0 saturated carbocycles. The first-order valence-corrected chi connectivity index (χ1v) is 9.40. The Morgan fingerprint density at radius 2 is 1.71 bits per heavy atom. The van der Waals surface area contributed by atoms with Gasteiger partial charge in [-0.05, 0) is 49.1 Å². The van der Waals surface area contributed by atoms with Gasteiger partial charge in [-0.3, -0.25) is 4.79 Å². The maximum Gasteiger partial charge on any atom is 0.261 e. The van der Waals surface area contributed by atoms with Crippen LogP contribution in [-0.2, 0) is 11.2 Å². The second kappa shape index (κ2) is 11.1. The highest BCUT2D eigenvalue weighted by Gasteiger charge is 2.18. The molecule has 0 aliphatic rings. The van der Waals surface area contributed by atoms with Crippen LogP contribution in [0, 0.1) is 0 Å². The summed E-state index contributed by atoms with van der Waals surface area (Å²) >= 11 is 0. The maximum atomic E-state index is 12.4. The van der Waals surface area contributed by atoms with Crippen LogP contribution in [0.3, 0.4) is 0 Å². The molecule has 0 saturated heterocycles. The van der Waals surface area contributed by atoms with Crippen LogP contribution in [0.2, 0.25) is 0 Å². The molecule has 2 aromatic rings. The molecule has 152 valence electrons. The van der Waals surface area contributed by atoms with E-state index >= 15 is 0 Å². The predicted molar refractivity (Wildman–Crippen MR) is 109 cm³/mol. The molecule has 6 heteroatoms. The number of nitrogens with one attached hydrogen (secondary N) is 1. The lowest BCUT2D eigenvalue weighted by Gasteiger charge is -2.17. The van der Waals surface area contributed by atoms with Crippen LogP contribution in [0.5, 0.6) is 23.0 Å². The van der Waals surface area contributed by atoms with Gasteiger partial charge in [0.05, 0.1) is 21.3 Å². The molecule has 0 aromatic heterocycles. The zero-order valence-corrected chi connectivity index (χ0v) is 17.0. The summed E-state index contributed by atoms with van der Waals surface area (Å²) in [4.78, 5) is 12.4. The third kappa shape index (κ3) is 6.08. The smallest absolute Gasteiger partial charge is 0.261 e. The molecule has 1 amide bonds. The van der Waals surface area contributed by atoms with E-state index in [1.807, 2.05) is 43.3 Å². The average Bonchev–Trinajstić information content (AvgIpc) is 2.74. The second-order valence-electron chi connectivity index (χ2n) is 6.28. The molecule has 1 atom stereocenters. The van der Waals surface area contributed by atoms with Crippen molar-refractivity contribution in [3.8, 4) is 23.0 Å². The first-order chi connectivity index (χ1) is 13.6. The minimum absolute atomic E-state index is 0.113. The summed E-state index contributed by atoms with van der Waals surface area (Å²) in [7, 11) is 4.83. The standard InChI is InChI=1S/C22H29NO5/c1-5-19(28-18-10-6-9-17(15-18)25-2)22(24)23-13-7-8-16-11-12-20(26-3)21(14-16)27-4/h6,9-12,14-15,19H,5,7-8,13H2,1-4H3,(H,23,24)/t19-/m0/s1. The van der Waals surface area contributed by atoms with Gasteiger partial charge >= 0.3 is 0 Å². The molecule has 0 aliphatic heterocycles. The van der Waals surface area contributed by atoms with Gasteiger partial charge in [0.2, 0.25) is 0 Å². The number of amides is 1. The number of hydrogen-bond donors (Lipinski definition) is 1. The molecule has 0 bridgehead atoms. The van der Waals surface area contributed by atoms with Crippen LogP contribution < -0.4 is 24.3 Å². The number of benzene rings is 2. The van der Waals surface area contributed by atoms with E-state index in [-0.39, 0.29) is 5.91 Å². The molecule has 0 spiro atoms. The Kier molecular flexibility index (Phi) is 8.46. The summed E-state index contributed by atoms with van der Waals surface area (Å²) in [5, 5.41) is 2.95. The molecule has 2 aromatic carbocycles. The van der Waals surface area contributed by atoms with Crippen LogP contribution in [0.1, 0.15) is 25.3 Å². The number of rotatable bonds is 11. The number of hydrogen-bond acceptors (Lipinski definition) is 5. The summed E-state index contributed by atoms with van der Waals surface area (Å²) in [6.45, 7) is 2.50. The van der Waals surface area contributed by atoms with Gasteiger partial charge in [-0.1, -0.05) is 19.1 Å². The Hall–Kier alpha value is -2.89. The third-order valence-corrected chi connectivity index (χ3v) is 4.37. The van der Waals surface area contributed by atoms with Gasteiger partial charge in [-0.25, -0.2) is 0 Å². The van der Waals surface area contributed by atoms with Crippen molar-refractivity contribution in [3.05, 3.63) is 48.0 Å². The quantitative estimate of drug-likeness (QED) is 0.597. The summed E-state index contributed by atoms with van der Waals surface area (Å²) in [5.41, 5.74) is 1.13. The molecule has 2 rings (SSSR count). The van der Waals surface area contributed by atoms with Gasteiger partial charge in [0.15, 0.2) is 17.6 Å². The van der Waals surface area contributed by atoms with Crippen molar-refractivity contribution in [2.75, 3.05) is 27.9 Å². The van der Waals surface area contributed by atoms with Gasteiger partial charge < -0.3 is 24.3 Å². The Labute approximate surface area is 166 Å². The lowest BCUT2D eigenvalue weighted by molar-refractivity contribution is -0.128. The molecule has 0 fully saturated rings. The van der Waals surface area contributed by atoms with Crippen molar-refractivity contribution >= 4 is 5.91 Å². The van der Waals surface area contributed by atoms with Gasteiger partial charge in [0.25, 0.3) is 5.91 Å². The lowest BCUT2D eigenvalue weighted by atomic mass is 10.1. The fourth-order valence-electron chi connectivity index (χ4n) is 2.82. The molecule has 0 aliphatic carbocycles. The topological polar surface area (TPSA) is 66.0 Å². The number of methoxy groups -OCH3 is 3. The zero-order valence-electron chi connectivity index (χ0n) is 17.0. The average molecular weight is 387 g/mol. The van der Waals surface area contributed by atoms with Crippen molar-refractivity contribution < 1.29 is 23.7 Å². The molecule has 28 heavy (non-hydrogen) atoms. The monoisotopic (exact) mass is 387 g/mol. The van der Waals surface area contributed by atoms with E-state index < -0.39 is 6.10 Å². The fraction of sp³-hybridized carbons (Fsp3) is 0.409. The molecule has 0 radical (unpaired) electrons. The van der Waals surface area contributed by atoms with E-state index in [9.17, 15) is 4.79 Å². The van der Waals surface area contributed by atoms with E-state index in [0.29, 0.717) is 36.0 Å².